The predicted octanol–water partition coefficient (Wildman–Crippen LogP) is 4.97. The molecule has 3 aromatic carbocycles. The molecule has 0 aliphatic rings. The van der Waals surface area contributed by atoms with Crippen LogP contribution < -0.4 is 5.32 Å². The maximum Gasteiger partial charge on any atom is 0.251 e. The molecule has 0 bridgehead atoms. The van der Waals surface area contributed by atoms with Gasteiger partial charge in [0.25, 0.3) is 5.91 Å². The maximum atomic E-state index is 12.9. The fraction of sp³-hybridized carbons (Fsp3) is 0.130. The van der Waals surface area contributed by atoms with Crippen LogP contribution in [0.1, 0.15) is 21.5 Å². The van der Waals surface area contributed by atoms with E-state index in [-0.39, 0.29) is 11.7 Å². The van der Waals surface area contributed by atoms with Gasteiger partial charge in [0.2, 0.25) is 0 Å². The average Bonchev–Trinajstić information content (AvgIpc) is 3.17. The summed E-state index contributed by atoms with van der Waals surface area (Å²) in [5.74, 6) is 0.409. The first-order valence-electron chi connectivity index (χ1n) is 9.36. The number of amides is 1. The van der Waals surface area contributed by atoms with E-state index in [0.29, 0.717) is 18.5 Å². The quantitative estimate of drug-likeness (QED) is 0.427. The standard InChI is InChI=1S/C23H20FN3OS/c24-19-11-7-16(8-12-19)13-14-25-22(28)18-9-5-17(6-10-18)15-29-23-26-20-3-1-2-4-21(20)27-23/h1-12H,13-15H2,(H,25,28)(H,26,27). The summed E-state index contributed by atoms with van der Waals surface area (Å²) in [7, 11) is 0. The number of carbonyl (C=O) groups is 1. The van der Waals surface area contributed by atoms with Gasteiger partial charge in [0.15, 0.2) is 5.16 Å². The molecule has 146 valence electrons. The third-order valence-corrected chi connectivity index (χ3v) is 5.52. The van der Waals surface area contributed by atoms with Gasteiger partial charge in [0.1, 0.15) is 5.82 Å². The summed E-state index contributed by atoms with van der Waals surface area (Å²) in [6.45, 7) is 0.508. The Labute approximate surface area is 172 Å². The summed E-state index contributed by atoms with van der Waals surface area (Å²) >= 11 is 1.63. The second-order valence-corrected chi connectivity index (χ2v) is 7.64. The van der Waals surface area contributed by atoms with Crippen molar-refractivity contribution in [2.24, 2.45) is 0 Å². The molecule has 0 spiro atoms. The molecule has 4 nitrogen and oxygen atoms in total. The Morgan fingerprint density at radius 3 is 2.45 bits per heavy atom. The first-order chi connectivity index (χ1) is 14.2. The van der Waals surface area contributed by atoms with Crippen molar-refractivity contribution >= 4 is 28.7 Å². The molecule has 1 amide bonds. The number of aromatic nitrogens is 2. The number of nitrogens with zero attached hydrogens (tertiary/aromatic N) is 1. The molecule has 0 saturated heterocycles. The number of H-pyrrole nitrogens is 1. The molecule has 0 atom stereocenters. The van der Waals surface area contributed by atoms with E-state index in [1.165, 1.54) is 12.1 Å². The predicted molar refractivity (Wildman–Crippen MR) is 115 cm³/mol. The first kappa shape index (κ1) is 19.2. The van der Waals surface area contributed by atoms with Gasteiger partial charge < -0.3 is 10.3 Å². The van der Waals surface area contributed by atoms with Crippen LogP contribution in [0.3, 0.4) is 0 Å². The number of aromatic amines is 1. The van der Waals surface area contributed by atoms with E-state index in [2.05, 4.69) is 15.3 Å². The van der Waals surface area contributed by atoms with E-state index >= 15 is 0 Å². The summed E-state index contributed by atoms with van der Waals surface area (Å²) in [5, 5.41) is 3.78. The van der Waals surface area contributed by atoms with Crippen LogP contribution in [0, 0.1) is 5.82 Å². The Balaban J connectivity index is 1.27. The minimum atomic E-state index is -0.253. The van der Waals surface area contributed by atoms with Gasteiger partial charge in [-0.15, -0.1) is 0 Å². The zero-order valence-electron chi connectivity index (χ0n) is 15.7. The van der Waals surface area contributed by atoms with E-state index in [0.717, 1.165) is 33.1 Å². The number of hydrogen-bond acceptors (Lipinski definition) is 3. The molecule has 29 heavy (non-hydrogen) atoms. The minimum absolute atomic E-state index is 0.108. The summed E-state index contributed by atoms with van der Waals surface area (Å²) in [6.07, 6.45) is 0.665. The molecule has 1 aromatic heterocycles. The Morgan fingerprint density at radius 1 is 0.966 bits per heavy atom. The van der Waals surface area contributed by atoms with Gasteiger partial charge in [-0.1, -0.05) is 48.2 Å². The van der Waals surface area contributed by atoms with Crippen LogP contribution in [0.25, 0.3) is 11.0 Å². The smallest absolute Gasteiger partial charge is 0.251 e. The van der Waals surface area contributed by atoms with E-state index < -0.39 is 0 Å². The number of benzene rings is 3. The van der Waals surface area contributed by atoms with Gasteiger partial charge in [0.05, 0.1) is 11.0 Å². The Morgan fingerprint density at radius 2 is 1.69 bits per heavy atom. The monoisotopic (exact) mass is 405 g/mol. The van der Waals surface area contributed by atoms with Crippen LogP contribution in [0.5, 0.6) is 0 Å². The SMILES string of the molecule is O=C(NCCc1ccc(F)cc1)c1ccc(CSc2nc3ccccc3[nH]2)cc1. The van der Waals surface area contributed by atoms with Crippen molar-refractivity contribution in [1.29, 1.82) is 0 Å². The lowest BCUT2D eigenvalue weighted by atomic mass is 10.1. The minimum Gasteiger partial charge on any atom is -0.352 e. The average molecular weight is 405 g/mol. The van der Waals surface area contributed by atoms with Crippen molar-refractivity contribution in [2.45, 2.75) is 17.3 Å². The molecule has 0 aliphatic heterocycles. The van der Waals surface area contributed by atoms with Gasteiger partial charge in [-0.25, -0.2) is 9.37 Å². The molecule has 4 aromatic rings. The highest BCUT2D eigenvalue weighted by Crippen LogP contribution is 2.23. The van der Waals surface area contributed by atoms with Crippen molar-refractivity contribution < 1.29 is 9.18 Å². The van der Waals surface area contributed by atoms with Crippen molar-refractivity contribution in [1.82, 2.24) is 15.3 Å². The van der Waals surface area contributed by atoms with Crippen LogP contribution in [0.15, 0.2) is 78.0 Å². The number of halogens is 1. The molecule has 4 rings (SSSR count). The van der Waals surface area contributed by atoms with Crippen molar-refractivity contribution in [2.75, 3.05) is 6.54 Å². The number of hydrogen-bond donors (Lipinski definition) is 2. The summed E-state index contributed by atoms with van der Waals surface area (Å²) in [5.41, 5.74) is 4.73. The van der Waals surface area contributed by atoms with Gasteiger partial charge in [-0.2, -0.15) is 0 Å². The van der Waals surface area contributed by atoms with E-state index in [1.54, 1.807) is 23.9 Å². The summed E-state index contributed by atoms with van der Waals surface area (Å²) < 4.78 is 12.9. The largest absolute Gasteiger partial charge is 0.352 e. The number of para-hydroxylation sites is 2. The van der Waals surface area contributed by atoms with Gasteiger partial charge in [-0.05, 0) is 53.9 Å². The second kappa shape index (κ2) is 8.92. The maximum absolute atomic E-state index is 12.9. The summed E-state index contributed by atoms with van der Waals surface area (Å²) in [4.78, 5) is 20.1. The van der Waals surface area contributed by atoms with Crippen LogP contribution in [0.4, 0.5) is 4.39 Å². The normalized spacial score (nSPS) is 10.9. The van der Waals surface area contributed by atoms with Gasteiger partial charge in [-0.3, -0.25) is 4.79 Å². The molecular weight excluding hydrogens is 385 g/mol. The van der Waals surface area contributed by atoms with Crippen molar-refractivity contribution in [3.8, 4) is 0 Å². The summed E-state index contributed by atoms with van der Waals surface area (Å²) in [6, 6.07) is 21.9. The zero-order chi connectivity index (χ0) is 20.1. The molecular formula is C23H20FN3OS. The Hall–Kier alpha value is -3.12. The zero-order valence-corrected chi connectivity index (χ0v) is 16.5. The molecule has 0 saturated carbocycles. The molecule has 0 radical (unpaired) electrons. The second-order valence-electron chi connectivity index (χ2n) is 6.68. The van der Waals surface area contributed by atoms with Gasteiger partial charge in [0, 0.05) is 17.9 Å². The highest BCUT2D eigenvalue weighted by Gasteiger charge is 2.07. The fourth-order valence-corrected chi connectivity index (χ4v) is 3.82. The lowest BCUT2D eigenvalue weighted by Gasteiger charge is -2.06. The van der Waals surface area contributed by atoms with Crippen LogP contribution in [-0.4, -0.2) is 22.4 Å². The number of nitrogens with one attached hydrogen (secondary N) is 2. The third-order valence-electron chi connectivity index (χ3n) is 4.57. The molecule has 6 heteroatoms. The molecule has 2 N–H and O–H groups in total. The van der Waals surface area contributed by atoms with E-state index in [1.807, 2.05) is 48.5 Å². The van der Waals surface area contributed by atoms with E-state index in [9.17, 15) is 9.18 Å². The lowest BCUT2D eigenvalue weighted by molar-refractivity contribution is 0.0954. The van der Waals surface area contributed by atoms with Crippen LogP contribution in [0.2, 0.25) is 0 Å². The number of imidazole rings is 1. The first-order valence-corrected chi connectivity index (χ1v) is 10.3. The van der Waals surface area contributed by atoms with E-state index in [4.69, 9.17) is 0 Å². The third kappa shape index (κ3) is 5.03. The molecule has 0 aliphatic carbocycles. The fourth-order valence-electron chi connectivity index (χ4n) is 2.98. The van der Waals surface area contributed by atoms with Crippen LogP contribution >= 0.6 is 11.8 Å². The molecule has 0 unspecified atom stereocenters. The number of fused-ring (bicyclic) bond motifs is 1. The van der Waals surface area contributed by atoms with Crippen molar-refractivity contribution in [3.05, 3.63) is 95.3 Å². The Kier molecular flexibility index (Phi) is 5.91. The topological polar surface area (TPSA) is 57.8 Å². The number of thioether (sulfide) groups is 1. The van der Waals surface area contributed by atoms with Crippen LogP contribution in [-0.2, 0) is 12.2 Å². The number of carbonyl (C=O) groups excluding carboxylic acids is 1. The molecule has 1 heterocycles. The highest BCUT2D eigenvalue weighted by atomic mass is 32.2. The molecule has 0 fully saturated rings. The van der Waals surface area contributed by atoms with Crippen molar-refractivity contribution in [3.63, 3.8) is 0 Å². The lowest BCUT2D eigenvalue weighted by Crippen LogP contribution is -2.25. The highest BCUT2D eigenvalue weighted by molar-refractivity contribution is 7.98. The van der Waals surface area contributed by atoms with Gasteiger partial charge >= 0.3 is 0 Å². The number of rotatable bonds is 7. The Bertz CT molecular complexity index is 1070.